The third kappa shape index (κ3) is 4.18. The van der Waals surface area contributed by atoms with Crippen LogP contribution in [0.3, 0.4) is 0 Å². The SMILES string of the molecule is CC(C)(N)CNc1ccc(S(=O)(=O)O)cc1. The number of rotatable bonds is 4. The van der Waals surface area contributed by atoms with Crippen LogP contribution in [0.1, 0.15) is 13.8 Å². The lowest BCUT2D eigenvalue weighted by molar-refractivity contribution is 0.483. The first kappa shape index (κ1) is 13.0. The quantitative estimate of drug-likeness (QED) is 0.689. The average Bonchev–Trinajstić information content (AvgIpc) is 2.13. The van der Waals surface area contributed by atoms with Gasteiger partial charge in [0.1, 0.15) is 0 Å². The summed E-state index contributed by atoms with van der Waals surface area (Å²) in [5, 5.41) is 3.06. The molecule has 0 aromatic heterocycles. The molecular weight excluding hydrogens is 228 g/mol. The van der Waals surface area contributed by atoms with Gasteiger partial charge in [0.25, 0.3) is 10.1 Å². The minimum atomic E-state index is -4.12. The Labute approximate surface area is 95.4 Å². The van der Waals surface area contributed by atoms with Crippen LogP contribution >= 0.6 is 0 Å². The number of nitrogens with one attached hydrogen (secondary N) is 1. The first-order valence-corrected chi connectivity index (χ1v) is 6.23. The van der Waals surface area contributed by atoms with Crippen LogP contribution in [0.4, 0.5) is 5.69 Å². The van der Waals surface area contributed by atoms with Crippen molar-refractivity contribution in [2.24, 2.45) is 5.73 Å². The normalized spacial score (nSPS) is 12.5. The molecule has 16 heavy (non-hydrogen) atoms. The number of hydrogen-bond donors (Lipinski definition) is 3. The van der Waals surface area contributed by atoms with Gasteiger partial charge in [0.2, 0.25) is 0 Å². The third-order valence-corrected chi connectivity index (χ3v) is 2.77. The molecule has 0 bridgehead atoms. The first-order chi connectivity index (χ1) is 7.18. The van der Waals surface area contributed by atoms with Gasteiger partial charge in [-0.15, -0.1) is 0 Å². The minimum Gasteiger partial charge on any atom is -0.383 e. The van der Waals surface area contributed by atoms with Gasteiger partial charge < -0.3 is 11.1 Å². The summed E-state index contributed by atoms with van der Waals surface area (Å²) in [6.07, 6.45) is 0. The second-order valence-electron chi connectivity index (χ2n) is 4.34. The van der Waals surface area contributed by atoms with E-state index in [2.05, 4.69) is 5.32 Å². The van der Waals surface area contributed by atoms with Gasteiger partial charge in [-0.25, -0.2) is 0 Å². The number of hydrogen-bond acceptors (Lipinski definition) is 4. The van der Waals surface area contributed by atoms with Gasteiger partial charge in [0.05, 0.1) is 4.90 Å². The summed E-state index contributed by atoms with van der Waals surface area (Å²) in [7, 11) is -4.12. The van der Waals surface area contributed by atoms with E-state index in [-0.39, 0.29) is 10.4 Å². The first-order valence-electron chi connectivity index (χ1n) is 4.79. The number of nitrogens with two attached hydrogens (primary N) is 1. The Morgan fingerprint density at radius 2 is 1.81 bits per heavy atom. The molecule has 0 saturated carbocycles. The van der Waals surface area contributed by atoms with Gasteiger partial charge in [0.15, 0.2) is 0 Å². The molecule has 4 N–H and O–H groups in total. The van der Waals surface area contributed by atoms with E-state index in [1.165, 1.54) is 12.1 Å². The van der Waals surface area contributed by atoms with Crippen LogP contribution in [0.15, 0.2) is 29.2 Å². The highest BCUT2D eigenvalue weighted by atomic mass is 32.2. The zero-order chi connectivity index (χ0) is 12.4. The highest BCUT2D eigenvalue weighted by Gasteiger charge is 2.11. The molecular formula is C10H16N2O3S. The highest BCUT2D eigenvalue weighted by molar-refractivity contribution is 7.85. The predicted octanol–water partition coefficient (Wildman–Crippen LogP) is 1.08. The van der Waals surface area contributed by atoms with Crippen molar-refractivity contribution in [3.05, 3.63) is 24.3 Å². The van der Waals surface area contributed by atoms with Crippen molar-refractivity contribution in [3.63, 3.8) is 0 Å². The molecule has 0 spiro atoms. The van der Waals surface area contributed by atoms with Gasteiger partial charge in [-0.05, 0) is 38.1 Å². The molecule has 1 rings (SSSR count). The van der Waals surface area contributed by atoms with Crippen molar-refractivity contribution in [2.45, 2.75) is 24.3 Å². The van der Waals surface area contributed by atoms with Crippen molar-refractivity contribution >= 4 is 15.8 Å². The summed E-state index contributed by atoms with van der Waals surface area (Å²) in [6, 6.07) is 5.83. The summed E-state index contributed by atoms with van der Waals surface area (Å²) in [4.78, 5) is -0.120. The molecule has 1 aromatic carbocycles. The molecule has 5 nitrogen and oxygen atoms in total. The van der Waals surface area contributed by atoms with Crippen LogP contribution < -0.4 is 11.1 Å². The average molecular weight is 244 g/mol. The van der Waals surface area contributed by atoms with E-state index < -0.39 is 10.1 Å². The molecule has 0 heterocycles. The maximum Gasteiger partial charge on any atom is 0.294 e. The highest BCUT2D eigenvalue weighted by Crippen LogP contribution is 2.14. The Bertz CT molecular complexity index is 446. The van der Waals surface area contributed by atoms with E-state index in [4.69, 9.17) is 10.3 Å². The second kappa shape index (κ2) is 4.40. The molecule has 0 aliphatic heterocycles. The fourth-order valence-electron chi connectivity index (χ4n) is 1.07. The molecule has 6 heteroatoms. The maximum atomic E-state index is 10.8. The fraction of sp³-hybridized carbons (Fsp3) is 0.400. The van der Waals surface area contributed by atoms with Crippen LogP contribution in [0.25, 0.3) is 0 Å². The van der Waals surface area contributed by atoms with Crippen molar-refractivity contribution < 1.29 is 13.0 Å². The van der Waals surface area contributed by atoms with Crippen LogP contribution in [-0.2, 0) is 10.1 Å². The second-order valence-corrected chi connectivity index (χ2v) is 5.76. The number of benzene rings is 1. The van der Waals surface area contributed by atoms with Crippen LogP contribution in [0.5, 0.6) is 0 Å². The molecule has 0 fully saturated rings. The molecule has 0 unspecified atom stereocenters. The minimum absolute atomic E-state index is 0.120. The molecule has 0 atom stereocenters. The summed E-state index contributed by atoms with van der Waals surface area (Å²) in [5.74, 6) is 0. The van der Waals surface area contributed by atoms with Crippen LogP contribution in [0, 0.1) is 0 Å². The molecule has 1 aromatic rings. The largest absolute Gasteiger partial charge is 0.383 e. The van der Waals surface area contributed by atoms with Crippen molar-refractivity contribution in [1.82, 2.24) is 0 Å². The summed E-state index contributed by atoms with van der Waals surface area (Å²) < 4.78 is 30.3. The molecule has 0 aliphatic carbocycles. The Hall–Kier alpha value is -1.11. The zero-order valence-corrected chi connectivity index (χ0v) is 10.1. The Balaban J connectivity index is 2.73. The van der Waals surface area contributed by atoms with Gasteiger partial charge in [-0.3, -0.25) is 4.55 Å². The summed E-state index contributed by atoms with van der Waals surface area (Å²) >= 11 is 0. The van der Waals surface area contributed by atoms with E-state index in [0.29, 0.717) is 6.54 Å². The Kier molecular flexibility index (Phi) is 3.57. The van der Waals surface area contributed by atoms with Crippen molar-refractivity contribution in [2.75, 3.05) is 11.9 Å². The monoisotopic (exact) mass is 244 g/mol. The van der Waals surface area contributed by atoms with E-state index in [0.717, 1.165) is 5.69 Å². The number of anilines is 1. The Morgan fingerprint density at radius 3 is 2.19 bits per heavy atom. The summed E-state index contributed by atoms with van der Waals surface area (Å²) in [6.45, 7) is 4.33. The Morgan fingerprint density at radius 1 is 1.31 bits per heavy atom. The molecule has 90 valence electrons. The van der Waals surface area contributed by atoms with E-state index >= 15 is 0 Å². The van der Waals surface area contributed by atoms with Crippen LogP contribution in [0.2, 0.25) is 0 Å². The van der Waals surface area contributed by atoms with Crippen molar-refractivity contribution in [1.29, 1.82) is 0 Å². The maximum absolute atomic E-state index is 10.8. The van der Waals surface area contributed by atoms with Crippen LogP contribution in [-0.4, -0.2) is 25.1 Å². The van der Waals surface area contributed by atoms with E-state index in [1.807, 2.05) is 13.8 Å². The predicted molar refractivity (Wildman–Crippen MR) is 63.0 cm³/mol. The lowest BCUT2D eigenvalue weighted by atomic mass is 10.1. The van der Waals surface area contributed by atoms with Gasteiger partial charge in [-0.2, -0.15) is 8.42 Å². The van der Waals surface area contributed by atoms with Crippen molar-refractivity contribution in [3.8, 4) is 0 Å². The lowest BCUT2D eigenvalue weighted by Gasteiger charge is -2.19. The fourth-order valence-corrected chi connectivity index (χ4v) is 1.55. The zero-order valence-electron chi connectivity index (χ0n) is 9.27. The molecule has 0 aliphatic rings. The van der Waals surface area contributed by atoms with Gasteiger partial charge in [0, 0.05) is 17.8 Å². The molecule has 0 amide bonds. The lowest BCUT2D eigenvalue weighted by Crippen LogP contribution is -2.39. The summed E-state index contributed by atoms with van der Waals surface area (Å²) in [5.41, 5.74) is 6.19. The topological polar surface area (TPSA) is 92.4 Å². The third-order valence-electron chi connectivity index (χ3n) is 1.90. The van der Waals surface area contributed by atoms with Gasteiger partial charge in [-0.1, -0.05) is 0 Å². The molecule has 0 radical (unpaired) electrons. The standard InChI is InChI=1S/C10H16N2O3S/c1-10(2,11)7-12-8-3-5-9(6-4-8)16(13,14)15/h3-6,12H,7,11H2,1-2H3,(H,13,14,15). The van der Waals surface area contributed by atoms with E-state index in [9.17, 15) is 8.42 Å². The van der Waals surface area contributed by atoms with E-state index in [1.54, 1.807) is 12.1 Å². The smallest absolute Gasteiger partial charge is 0.294 e. The molecule has 0 saturated heterocycles. The van der Waals surface area contributed by atoms with Gasteiger partial charge >= 0.3 is 0 Å².